The Morgan fingerprint density at radius 1 is 1.40 bits per heavy atom. The zero-order valence-electron chi connectivity index (χ0n) is 10.8. The molecule has 2 aromatic rings. The highest BCUT2D eigenvalue weighted by Gasteiger charge is 2.38. The SMILES string of the molecule is NC1(C(=O)Nc2ccc(-n3cncn3)cc2)CCOC1. The van der Waals surface area contributed by atoms with Gasteiger partial charge in [-0.2, -0.15) is 5.10 Å². The van der Waals surface area contributed by atoms with Crippen molar-refractivity contribution in [3.8, 4) is 5.69 Å². The average molecular weight is 273 g/mol. The molecule has 7 nitrogen and oxygen atoms in total. The zero-order valence-corrected chi connectivity index (χ0v) is 10.8. The van der Waals surface area contributed by atoms with E-state index in [1.165, 1.54) is 6.33 Å². The van der Waals surface area contributed by atoms with E-state index in [2.05, 4.69) is 15.4 Å². The second kappa shape index (κ2) is 5.03. The molecule has 1 aliphatic rings. The van der Waals surface area contributed by atoms with Crippen LogP contribution in [-0.2, 0) is 9.53 Å². The van der Waals surface area contributed by atoms with E-state index >= 15 is 0 Å². The second-order valence-electron chi connectivity index (χ2n) is 4.80. The lowest BCUT2D eigenvalue weighted by molar-refractivity contribution is -0.121. The van der Waals surface area contributed by atoms with E-state index in [1.54, 1.807) is 23.1 Å². The summed E-state index contributed by atoms with van der Waals surface area (Å²) in [5.41, 5.74) is 6.63. The van der Waals surface area contributed by atoms with E-state index in [4.69, 9.17) is 10.5 Å². The smallest absolute Gasteiger partial charge is 0.246 e. The van der Waals surface area contributed by atoms with Crippen molar-refractivity contribution >= 4 is 11.6 Å². The third kappa shape index (κ3) is 2.40. The fourth-order valence-corrected chi connectivity index (χ4v) is 2.05. The van der Waals surface area contributed by atoms with Crippen molar-refractivity contribution < 1.29 is 9.53 Å². The van der Waals surface area contributed by atoms with Gasteiger partial charge in [0.25, 0.3) is 0 Å². The number of carbonyl (C=O) groups is 1. The van der Waals surface area contributed by atoms with Crippen molar-refractivity contribution in [3.05, 3.63) is 36.9 Å². The molecular formula is C13H15N5O2. The fraction of sp³-hybridized carbons (Fsp3) is 0.308. The summed E-state index contributed by atoms with van der Waals surface area (Å²) in [6.07, 6.45) is 3.61. The molecule has 20 heavy (non-hydrogen) atoms. The van der Waals surface area contributed by atoms with Gasteiger partial charge in [0.15, 0.2) is 0 Å². The van der Waals surface area contributed by atoms with Crippen molar-refractivity contribution in [1.82, 2.24) is 14.8 Å². The van der Waals surface area contributed by atoms with Gasteiger partial charge >= 0.3 is 0 Å². The number of benzene rings is 1. The first-order valence-electron chi connectivity index (χ1n) is 6.31. The Labute approximate surface area is 115 Å². The monoisotopic (exact) mass is 273 g/mol. The summed E-state index contributed by atoms with van der Waals surface area (Å²) >= 11 is 0. The van der Waals surface area contributed by atoms with Crippen LogP contribution in [0.25, 0.3) is 5.69 Å². The summed E-state index contributed by atoms with van der Waals surface area (Å²) in [6, 6.07) is 7.29. The van der Waals surface area contributed by atoms with E-state index in [1.807, 2.05) is 12.1 Å². The molecule has 0 aliphatic carbocycles. The molecule has 3 rings (SSSR count). The first-order chi connectivity index (χ1) is 9.67. The number of nitrogens with zero attached hydrogens (tertiary/aromatic N) is 3. The predicted octanol–water partition coefficient (Wildman–Crippen LogP) is 0.324. The van der Waals surface area contributed by atoms with Crippen LogP contribution >= 0.6 is 0 Å². The number of hydrogen-bond acceptors (Lipinski definition) is 5. The maximum absolute atomic E-state index is 12.1. The molecule has 3 N–H and O–H groups in total. The summed E-state index contributed by atoms with van der Waals surface area (Å²) in [6.45, 7) is 0.783. The van der Waals surface area contributed by atoms with Crippen molar-refractivity contribution in [2.24, 2.45) is 5.73 Å². The molecule has 0 saturated carbocycles. The molecule has 7 heteroatoms. The largest absolute Gasteiger partial charge is 0.379 e. The van der Waals surface area contributed by atoms with Crippen molar-refractivity contribution in [3.63, 3.8) is 0 Å². The Morgan fingerprint density at radius 3 is 2.80 bits per heavy atom. The van der Waals surface area contributed by atoms with Gasteiger partial charge in [-0.1, -0.05) is 0 Å². The van der Waals surface area contributed by atoms with Crippen molar-refractivity contribution in [2.75, 3.05) is 18.5 Å². The first-order valence-corrected chi connectivity index (χ1v) is 6.31. The van der Waals surface area contributed by atoms with Crippen LogP contribution in [0.3, 0.4) is 0 Å². The molecule has 1 amide bonds. The molecule has 104 valence electrons. The Balaban J connectivity index is 1.71. The minimum absolute atomic E-state index is 0.219. The minimum atomic E-state index is -0.926. The topological polar surface area (TPSA) is 95.1 Å². The third-order valence-electron chi connectivity index (χ3n) is 3.31. The maximum Gasteiger partial charge on any atom is 0.246 e. The molecule has 2 heterocycles. The van der Waals surface area contributed by atoms with Gasteiger partial charge in [-0.15, -0.1) is 0 Å². The van der Waals surface area contributed by atoms with E-state index < -0.39 is 5.54 Å². The first kappa shape index (κ1) is 12.8. The van der Waals surface area contributed by atoms with Crippen LogP contribution in [0.1, 0.15) is 6.42 Å². The van der Waals surface area contributed by atoms with Gasteiger partial charge in [-0.25, -0.2) is 9.67 Å². The highest BCUT2D eigenvalue weighted by Crippen LogP contribution is 2.19. The molecular weight excluding hydrogens is 258 g/mol. The molecule has 0 spiro atoms. The maximum atomic E-state index is 12.1. The van der Waals surface area contributed by atoms with Crippen LogP contribution in [0.15, 0.2) is 36.9 Å². The quantitative estimate of drug-likeness (QED) is 0.840. The number of anilines is 1. The van der Waals surface area contributed by atoms with Crippen LogP contribution in [0, 0.1) is 0 Å². The second-order valence-corrected chi connectivity index (χ2v) is 4.80. The summed E-state index contributed by atoms with van der Waals surface area (Å²) in [5, 5.41) is 6.84. The molecule has 1 unspecified atom stereocenters. The molecule has 1 atom stereocenters. The predicted molar refractivity (Wildman–Crippen MR) is 72.3 cm³/mol. The average Bonchev–Trinajstić information content (AvgIpc) is 3.11. The number of carbonyl (C=O) groups excluding carboxylic acids is 1. The van der Waals surface area contributed by atoms with Gasteiger partial charge in [-0.3, -0.25) is 4.79 Å². The summed E-state index contributed by atoms with van der Waals surface area (Å²) < 4.78 is 6.82. The summed E-state index contributed by atoms with van der Waals surface area (Å²) in [4.78, 5) is 16.0. The Kier molecular flexibility index (Phi) is 3.21. The molecule has 1 fully saturated rings. The van der Waals surface area contributed by atoms with E-state index in [9.17, 15) is 4.79 Å². The fourth-order valence-electron chi connectivity index (χ4n) is 2.05. The van der Waals surface area contributed by atoms with Crippen LogP contribution < -0.4 is 11.1 Å². The van der Waals surface area contributed by atoms with Crippen LogP contribution in [0.5, 0.6) is 0 Å². The molecule has 0 bridgehead atoms. The molecule has 1 aliphatic heterocycles. The number of nitrogens with one attached hydrogen (secondary N) is 1. The standard InChI is InChI=1S/C13H15N5O2/c14-13(5-6-20-7-13)12(19)17-10-1-3-11(4-2-10)18-9-15-8-16-18/h1-4,8-9H,5-7,14H2,(H,17,19). The lowest BCUT2D eigenvalue weighted by atomic mass is 9.99. The highest BCUT2D eigenvalue weighted by molar-refractivity contribution is 5.98. The van der Waals surface area contributed by atoms with Crippen molar-refractivity contribution in [2.45, 2.75) is 12.0 Å². The minimum Gasteiger partial charge on any atom is -0.379 e. The van der Waals surface area contributed by atoms with E-state index in [-0.39, 0.29) is 12.5 Å². The van der Waals surface area contributed by atoms with Gasteiger partial charge in [0.1, 0.15) is 18.2 Å². The molecule has 1 saturated heterocycles. The van der Waals surface area contributed by atoms with Gasteiger partial charge in [0.2, 0.25) is 5.91 Å². The number of amides is 1. The van der Waals surface area contributed by atoms with Crippen molar-refractivity contribution in [1.29, 1.82) is 0 Å². The zero-order chi connectivity index (χ0) is 14.0. The van der Waals surface area contributed by atoms with Gasteiger partial charge in [-0.05, 0) is 30.7 Å². The lowest BCUT2D eigenvalue weighted by Gasteiger charge is -2.20. The number of rotatable bonds is 3. The molecule has 0 radical (unpaired) electrons. The van der Waals surface area contributed by atoms with Crippen LogP contribution in [0.4, 0.5) is 5.69 Å². The van der Waals surface area contributed by atoms with Gasteiger partial charge in [0, 0.05) is 12.3 Å². The number of ether oxygens (including phenoxy) is 1. The van der Waals surface area contributed by atoms with Crippen LogP contribution in [0.2, 0.25) is 0 Å². The normalized spacial score (nSPS) is 21.9. The Morgan fingerprint density at radius 2 is 2.20 bits per heavy atom. The van der Waals surface area contributed by atoms with Gasteiger partial charge in [0.05, 0.1) is 12.3 Å². The number of hydrogen-bond donors (Lipinski definition) is 2. The Hall–Kier alpha value is -2.25. The number of aromatic nitrogens is 3. The lowest BCUT2D eigenvalue weighted by Crippen LogP contribution is -2.51. The Bertz CT molecular complexity index is 588. The summed E-state index contributed by atoms with van der Waals surface area (Å²) in [7, 11) is 0. The van der Waals surface area contributed by atoms with E-state index in [0.717, 1.165) is 5.69 Å². The molecule has 1 aromatic heterocycles. The van der Waals surface area contributed by atoms with E-state index in [0.29, 0.717) is 18.7 Å². The van der Waals surface area contributed by atoms with Crippen LogP contribution in [-0.4, -0.2) is 39.4 Å². The number of nitrogens with two attached hydrogens (primary N) is 1. The molecule has 1 aromatic carbocycles. The third-order valence-corrected chi connectivity index (χ3v) is 3.31. The highest BCUT2D eigenvalue weighted by atomic mass is 16.5. The van der Waals surface area contributed by atoms with Gasteiger partial charge < -0.3 is 15.8 Å². The summed E-state index contributed by atoms with van der Waals surface area (Å²) in [5.74, 6) is -0.219.